The van der Waals surface area contributed by atoms with Gasteiger partial charge in [0.15, 0.2) is 5.76 Å². The fourth-order valence-corrected chi connectivity index (χ4v) is 2.72. The molecule has 0 atom stereocenters. The first kappa shape index (κ1) is 21.6. The summed E-state index contributed by atoms with van der Waals surface area (Å²) < 4.78 is 23.6. The Balaban J connectivity index is 1.59. The number of benzene rings is 2. The molecule has 9 heteroatoms. The molecule has 0 bridgehead atoms. The molecule has 3 amide bonds. The molecule has 0 radical (unpaired) electrons. The van der Waals surface area contributed by atoms with E-state index < -0.39 is 17.6 Å². The van der Waals surface area contributed by atoms with Crippen molar-refractivity contribution in [1.29, 1.82) is 0 Å². The van der Waals surface area contributed by atoms with Crippen molar-refractivity contribution >= 4 is 29.1 Å². The van der Waals surface area contributed by atoms with Crippen LogP contribution < -0.4 is 20.7 Å². The van der Waals surface area contributed by atoms with Crippen molar-refractivity contribution in [2.75, 3.05) is 24.3 Å². The minimum absolute atomic E-state index is 0.0312. The van der Waals surface area contributed by atoms with Gasteiger partial charge in [-0.3, -0.25) is 14.4 Å². The molecule has 0 saturated carbocycles. The average molecular weight is 425 g/mol. The molecule has 3 aromatic rings. The van der Waals surface area contributed by atoms with E-state index in [-0.39, 0.29) is 30.2 Å². The van der Waals surface area contributed by atoms with Crippen LogP contribution in [0, 0.1) is 5.82 Å². The summed E-state index contributed by atoms with van der Waals surface area (Å²) >= 11 is 0. The maximum Gasteiger partial charge on any atom is 0.286 e. The normalized spacial score (nSPS) is 10.3. The Bertz CT molecular complexity index is 1080. The number of hydrogen-bond acceptors (Lipinski definition) is 5. The van der Waals surface area contributed by atoms with Crippen molar-refractivity contribution < 1.29 is 27.9 Å². The van der Waals surface area contributed by atoms with Gasteiger partial charge in [-0.05, 0) is 48.5 Å². The van der Waals surface area contributed by atoms with E-state index >= 15 is 0 Å². The third-order valence-electron chi connectivity index (χ3n) is 4.20. The Hall–Kier alpha value is -4.14. The molecular formula is C22H20FN3O5. The van der Waals surface area contributed by atoms with E-state index in [1.54, 1.807) is 18.2 Å². The lowest BCUT2D eigenvalue weighted by Crippen LogP contribution is -2.27. The first-order valence-corrected chi connectivity index (χ1v) is 9.33. The highest BCUT2D eigenvalue weighted by molar-refractivity contribution is 6.05. The summed E-state index contributed by atoms with van der Waals surface area (Å²) in [6.07, 6.45) is 1.42. The molecule has 0 aliphatic carbocycles. The highest BCUT2D eigenvalue weighted by atomic mass is 19.1. The van der Waals surface area contributed by atoms with Crippen LogP contribution >= 0.6 is 0 Å². The maximum atomic E-state index is 13.4. The number of halogens is 1. The average Bonchev–Trinajstić information content (AvgIpc) is 3.29. The molecule has 0 fully saturated rings. The second-order valence-electron chi connectivity index (χ2n) is 6.41. The van der Waals surface area contributed by atoms with Crippen LogP contribution in [0.1, 0.15) is 27.3 Å². The molecule has 1 heterocycles. The third kappa shape index (κ3) is 5.92. The minimum atomic E-state index is -0.528. The first-order valence-electron chi connectivity index (χ1n) is 9.33. The van der Waals surface area contributed by atoms with Crippen LogP contribution in [-0.4, -0.2) is 31.4 Å². The van der Waals surface area contributed by atoms with Gasteiger partial charge in [0, 0.05) is 24.2 Å². The molecule has 8 nitrogen and oxygen atoms in total. The first-order chi connectivity index (χ1) is 15.0. The fraction of sp³-hybridized carbons (Fsp3) is 0.136. The van der Waals surface area contributed by atoms with Gasteiger partial charge in [0.1, 0.15) is 11.6 Å². The van der Waals surface area contributed by atoms with E-state index in [0.717, 1.165) is 6.07 Å². The fourth-order valence-electron chi connectivity index (χ4n) is 2.72. The molecule has 2 aromatic carbocycles. The monoisotopic (exact) mass is 425 g/mol. The zero-order valence-electron chi connectivity index (χ0n) is 16.6. The highest BCUT2D eigenvalue weighted by Crippen LogP contribution is 2.28. The van der Waals surface area contributed by atoms with E-state index in [1.807, 2.05) is 0 Å². The number of furan rings is 1. The van der Waals surface area contributed by atoms with Crippen molar-refractivity contribution in [3.8, 4) is 5.75 Å². The van der Waals surface area contributed by atoms with Gasteiger partial charge in [0.05, 0.1) is 19.1 Å². The van der Waals surface area contributed by atoms with Crippen LogP contribution in [0.25, 0.3) is 0 Å². The van der Waals surface area contributed by atoms with Gasteiger partial charge >= 0.3 is 0 Å². The zero-order valence-corrected chi connectivity index (χ0v) is 16.6. The molecule has 0 aliphatic heterocycles. The van der Waals surface area contributed by atoms with Crippen LogP contribution in [0.15, 0.2) is 65.3 Å². The highest BCUT2D eigenvalue weighted by Gasteiger charge is 2.13. The van der Waals surface area contributed by atoms with Gasteiger partial charge in [0.25, 0.3) is 11.8 Å². The van der Waals surface area contributed by atoms with Gasteiger partial charge in [-0.25, -0.2) is 4.39 Å². The number of hydrogen-bond donors (Lipinski definition) is 3. The molecule has 0 aliphatic rings. The maximum absolute atomic E-state index is 13.4. The summed E-state index contributed by atoms with van der Waals surface area (Å²) in [5, 5.41) is 7.91. The summed E-state index contributed by atoms with van der Waals surface area (Å²) in [4.78, 5) is 36.4. The predicted molar refractivity (Wildman–Crippen MR) is 112 cm³/mol. The number of rotatable bonds is 8. The van der Waals surface area contributed by atoms with E-state index in [0.29, 0.717) is 17.1 Å². The van der Waals surface area contributed by atoms with Crippen LogP contribution in [0.5, 0.6) is 5.75 Å². The molecule has 3 N–H and O–H groups in total. The smallest absolute Gasteiger partial charge is 0.286 e. The summed E-state index contributed by atoms with van der Waals surface area (Å²) in [6, 6.07) is 13.1. The van der Waals surface area contributed by atoms with Crippen LogP contribution in [0.3, 0.4) is 0 Å². The molecule has 0 spiro atoms. The lowest BCUT2D eigenvalue weighted by molar-refractivity contribution is -0.116. The number of nitrogens with one attached hydrogen (secondary N) is 3. The number of ether oxygens (including phenoxy) is 1. The van der Waals surface area contributed by atoms with Gasteiger partial charge in [-0.2, -0.15) is 0 Å². The Kier molecular flexibility index (Phi) is 7.00. The topological polar surface area (TPSA) is 110 Å². The van der Waals surface area contributed by atoms with Crippen LogP contribution in [-0.2, 0) is 4.79 Å². The minimum Gasteiger partial charge on any atom is -0.495 e. The van der Waals surface area contributed by atoms with Crippen LogP contribution in [0.2, 0.25) is 0 Å². The Morgan fingerprint density at radius 1 is 1.00 bits per heavy atom. The van der Waals surface area contributed by atoms with E-state index in [9.17, 15) is 18.8 Å². The van der Waals surface area contributed by atoms with Crippen molar-refractivity contribution in [3.63, 3.8) is 0 Å². The van der Waals surface area contributed by atoms with Crippen molar-refractivity contribution in [3.05, 3.63) is 78.0 Å². The summed E-state index contributed by atoms with van der Waals surface area (Å²) in [5.41, 5.74) is 0.863. The summed E-state index contributed by atoms with van der Waals surface area (Å²) in [6.45, 7) is 0.116. The number of methoxy groups -OCH3 is 1. The second-order valence-corrected chi connectivity index (χ2v) is 6.41. The number of carbonyl (C=O) groups excluding carboxylic acids is 3. The van der Waals surface area contributed by atoms with E-state index in [1.165, 1.54) is 43.7 Å². The van der Waals surface area contributed by atoms with Gasteiger partial charge in [0.2, 0.25) is 5.91 Å². The lowest BCUT2D eigenvalue weighted by Gasteiger charge is -2.13. The predicted octanol–water partition coefficient (Wildman–Crippen LogP) is 3.44. The number of amides is 3. The SMILES string of the molecule is COc1ccc(NC(=O)CCNC(=O)c2ccco2)cc1NC(=O)c1cccc(F)c1. The van der Waals surface area contributed by atoms with Gasteiger partial charge in [-0.1, -0.05) is 6.07 Å². The zero-order chi connectivity index (χ0) is 22.2. The largest absolute Gasteiger partial charge is 0.495 e. The number of carbonyl (C=O) groups is 3. The Labute approximate surface area is 177 Å². The Morgan fingerprint density at radius 2 is 1.84 bits per heavy atom. The molecule has 0 saturated heterocycles. The quantitative estimate of drug-likeness (QED) is 0.512. The van der Waals surface area contributed by atoms with Gasteiger partial charge in [-0.15, -0.1) is 0 Å². The number of anilines is 2. The lowest BCUT2D eigenvalue weighted by atomic mass is 10.2. The van der Waals surface area contributed by atoms with Crippen LogP contribution in [0.4, 0.5) is 15.8 Å². The van der Waals surface area contributed by atoms with Crippen molar-refractivity contribution in [1.82, 2.24) is 5.32 Å². The molecule has 160 valence electrons. The summed E-state index contributed by atoms with van der Waals surface area (Å²) in [5.74, 6) is -1.28. The summed E-state index contributed by atoms with van der Waals surface area (Å²) in [7, 11) is 1.44. The standard InChI is InChI=1S/C22H20FN3O5/c1-30-18-8-7-16(13-17(18)26-21(28)14-4-2-5-15(23)12-14)25-20(27)9-10-24-22(29)19-6-3-11-31-19/h2-8,11-13H,9-10H2,1H3,(H,24,29)(H,25,27)(H,26,28). The molecule has 3 rings (SSSR count). The van der Waals surface area contributed by atoms with E-state index in [2.05, 4.69) is 16.0 Å². The molecule has 0 unspecified atom stereocenters. The van der Waals surface area contributed by atoms with Crippen molar-refractivity contribution in [2.45, 2.75) is 6.42 Å². The third-order valence-corrected chi connectivity index (χ3v) is 4.20. The second kappa shape index (κ2) is 10.1. The Morgan fingerprint density at radius 3 is 2.55 bits per heavy atom. The molecule has 31 heavy (non-hydrogen) atoms. The van der Waals surface area contributed by atoms with Crippen molar-refractivity contribution in [2.24, 2.45) is 0 Å². The molecule has 1 aromatic heterocycles. The van der Waals surface area contributed by atoms with Gasteiger partial charge < -0.3 is 25.1 Å². The van der Waals surface area contributed by atoms with E-state index in [4.69, 9.17) is 9.15 Å². The molecular weight excluding hydrogens is 405 g/mol.